The second-order valence-electron chi connectivity index (χ2n) is 8.33. The maximum atomic E-state index is 14.1. The first-order valence-electron chi connectivity index (χ1n) is 10.8. The Bertz CT molecular complexity index is 998. The Labute approximate surface area is 190 Å². The van der Waals surface area contributed by atoms with Gasteiger partial charge in [-0.3, -0.25) is 4.79 Å². The van der Waals surface area contributed by atoms with E-state index in [4.69, 9.17) is 9.47 Å². The number of rotatable bonds is 4. The molecule has 0 aromatic carbocycles. The number of ether oxygens (including phenoxy) is 2. The number of H-pyrrole nitrogens is 1. The minimum Gasteiger partial charge on any atom is -0.379 e. The smallest absolute Gasteiger partial charge is 0.379 e. The summed E-state index contributed by atoms with van der Waals surface area (Å²) in [4.78, 5) is 17.8. The topological polar surface area (TPSA) is 98.4 Å². The van der Waals surface area contributed by atoms with Crippen molar-refractivity contribution in [3.05, 3.63) is 22.5 Å². The summed E-state index contributed by atoms with van der Waals surface area (Å²) in [6.07, 6.45) is -4.71. The number of morpholine rings is 2. The number of hydrogen-bond donors (Lipinski definition) is 1. The molecular weight excluding hydrogens is 467 g/mol. The minimum atomic E-state index is -4.71. The molecule has 3 fully saturated rings. The number of aromatic nitrogens is 1. The molecule has 33 heavy (non-hydrogen) atoms. The first-order chi connectivity index (χ1) is 15.6. The van der Waals surface area contributed by atoms with Gasteiger partial charge in [0, 0.05) is 63.1 Å². The monoisotopic (exact) mass is 495 g/mol. The Morgan fingerprint density at radius 1 is 0.970 bits per heavy atom. The van der Waals surface area contributed by atoms with E-state index in [2.05, 4.69) is 4.98 Å². The lowest BCUT2D eigenvalue weighted by molar-refractivity contribution is -0.153. The van der Waals surface area contributed by atoms with Crippen molar-refractivity contribution in [3.63, 3.8) is 0 Å². The molecule has 3 saturated heterocycles. The SMILES string of the molecule is C[C@@H]1COCCN1c1cc(N2CCN(S(=O)(=O)N3CCOCC3)CC2C(F)(F)F)[nH]c(=O)c1. The van der Waals surface area contributed by atoms with Gasteiger partial charge in [-0.1, -0.05) is 0 Å². The zero-order chi connectivity index (χ0) is 23.8. The second-order valence-corrected chi connectivity index (χ2v) is 10.3. The number of nitrogens with one attached hydrogen (secondary N) is 1. The molecule has 3 aliphatic heterocycles. The van der Waals surface area contributed by atoms with Gasteiger partial charge in [-0.25, -0.2) is 0 Å². The number of anilines is 2. The molecule has 186 valence electrons. The standard InChI is InChI=1S/C19H28F3N5O5S/c1-14-13-32-9-6-26(14)15-10-17(23-18(28)11-15)27-3-2-25(12-16(27)19(20,21)22)33(29,30)24-4-7-31-8-5-24/h10-11,14,16H,2-9,12-13H2,1H3,(H,23,28)/t14-,16?/m1/s1. The van der Waals surface area contributed by atoms with Crippen molar-refractivity contribution in [3.8, 4) is 0 Å². The van der Waals surface area contributed by atoms with E-state index in [1.54, 1.807) is 0 Å². The van der Waals surface area contributed by atoms with E-state index < -0.39 is 34.5 Å². The molecule has 10 nitrogen and oxygen atoms in total. The van der Waals surface area contributed by atoms with Crippen molar-refractivity contribution in [1.82, 2.24) is 13.6 Å². The molecule has 1 N–H and O–H groups in total. The van der Waals surface area contributed by atoms with Gasteiger partial charge in [0.05, 0.1) is 26.4 Å². The molecule has 4 rings (SSSR count). The van der Waals surface area contributed by atoms with Crippen LogP contribution in [-0.4, -0.2) is 106 Å². The Hall–Kier alpha value is -1.87. The quantitative estimate of drug-likeness (QED) is 0.639. The van der Waals surface area contributed by atoms with Gasteiger partial charge in [-0.15, -0.1) is 0 Å². The van der Waals surface area contributed by atoms with Gasteiger partial charge in [0.25, 0.3) is 15.8 Å². The van der Waals surface area contributed by atoms with Gasteiger partial charge in [-0.05, 0) is 6.92 Å². The highest BCUT2D eigenvalue weighted by atomic mass is 32.2. The lowest BCUT2D eigenvalue weighted by atomic mass is 10.1. The second kappa shape index (κ2) is 9.41. The summed E-state index contributed by atoms with van der Waals surface area (Å²) < 4.78 is 80.7. The molecule has 4 heterocycles. The van der Waals surface area contributed by atoms with Gasteiger partial charge in [-0.2, -0.15) is 30.2 Å². The van der Waals surface area contributed by atoms with E-state index in [0.717, 1.165) is 13.5 Å². The van der Waals surface area contributed by atoms with Crippen LogP contribution in [0.4, 0.5) is 24.7 Å². The van der Waals surface area contributed by atoms with Crippen LogP contribution < -0.4 is 15.4 Å². The Morgan fingerprint density at radius 2 is 1.67 bits per heavy atom. The summed E-state index contributed by atoms with van der Waals surface area (Å²) in [7, 11) is -4.06. The largest absolute Gasteiger partial charge is 0.410 e. The van der Waals surface area contributed by atoms with Gasteiger partial charge in [0.15, 0.2) is 0 Å². The van der Waals surface area contributed by atoms with E-state index in [9.17, 15) is 26.4 Å². The van der Waals surface area contributed by atoms with Crippen LogP contribution in [0.15, 0.2) is 16.9 Å². The minimum absolute atomic E-state index is 0.0157. The lowest BCUT2D eigenvalue weighted by Gasteiger charge is -2.44. The Balaban J connectivity index is 1.61. The average Bonchev–Trinajstić information content (AvgIpc) is 2.78. The number of alkyl halides is 3. The third-order valence-electron chi connectivity index (χ3n) is 6.17. The molecule has 2 atom stereocenters. The van der Waals surface area contributed by atoms with Crippen LogP contribution >= 0.6 is 0 Å². The summed E-state index contributed by atoms with van der Waals surface area (Å²) in [5, 5.41) is 0. The predicted octanol–water partition coefficient (Wildman–Crippen LogP) is 0.230. The van der Waals surface area contributed by atoms with Crippen LogP contribution in [-0.2, 0) is 19.7 Å². The van der Waals surface area contributed by atoms with Gasteiger partial charge in [0.2, 0.25) is 0 Å². The normalized spacial score (nSPS) is 26.5. The lowest BCUT2D eigenvalue weighted by Crippen LogP contribution is -2.62. The molecule has 0 aliphatic carbocycles. The molecule has 0 spiro atoms. The van der Waals surface area contributed by atoms with Gasteiger partial charge in [0.1, 0.15) is 11.9 Å². The van der Waals surface area contributed by atoms with Crippen molar-refractivity contribution < 1.29 is 31.1 Å². The first kappa shape index (κ1) is 24.3. The molecular formula is C19H28F3N5O5S. The number of aromatic amines is 1. The maximum Gasteiger partial charge on any atom is 0.410 e. The van der Waals surface area contributed by atoms with Crippen LogP contribution in [0.5, 0.6) is 0 Å². The van der Waals surface area contributed by atoms with E-state index >= 15 is 0 Å². The van der Waals surface area contributed by atoms with Crippen LogP contribution in [0.1, 0.15) is 6.92 Å². The summed E-state index contributed by atoms with van der Waals surface area (Å²) in [6.45, 7) is 2.83. The molecule has 0 radical (unpaired) electrons. The summed E-state index contributed by atoms with van der Waals surface area (Å²) in [5.74, 6) is 0.0157. The molecule has 3 aliphatic rings. The van der Waals surface area contributed by atoms with Crippen molar-refractivity contribution in [2.45, 2.75) is 25.2 Å². The summed E-state index contributed by atoms with van der Waals surface area (Å²) >= 11 is 0. The number of halogens is 3. The molecule has 1 unspecified atom stereocenters. The average molecular weight is 496 g/mol. The number of hydrogen-bond acceptors (Lipinski definition) is 7. The van der Waals surface area contributed by atoms with E-state index in [1.807, 2.05) is 11.8 Å². The number of nitrogens with zero attached hydrogens (tertiary/aromatic N) is 4. The van der Waals surface area contributed by atoms with Crippen molar-refractivity contribution >= 4 is 21.7 Å². The fourth-order valence-electron chi connectivity index (χ4n) is 4.42. The fraction of sp³-hybridized carbons (Fsp3) is 0.737. The molecule has 0 amide bonds. The van der Waals surface area contributed by atoms with Crippen LogP contribution in [0.3, 0.4) is 0 Å². The third kappa shape index (κ3) is 5.14. The Morgan fingerprint density at radius 3 is 2.33 bits per heavy atom. The van der Waals surface area contributed by atoms with Gasteiger partial charge >= 0.3 is 6.18 Å². The third-order valence-corrected chi connectivity index (χ3v) is 8.17. The molecule has 1 aromatic heterocycles. The van der Waals surface area contributed by atoms with E-state index in [-0.39, 0.29) is 51.3 Å². The summed E-state index contributed by atoms with van der Waals surface area (Å²) in [5.41, 5.74) is -0.0145. The molecule has 14 heteroatoms. The highest BCUT2D eigenvalue weighted by Gasteiger charge is 2.50. The maximum absolute atomic E-state index is 14.1. The van der Waals surface area contributed by atoms with Crippen molar-refractivity contribution in [2.75, 3.05) is 75.5 Å². The van der Waals surface area contributed by atoms with E-state index in [0.29, 0.717) is 25.4 Å². The van der Waals surface area contributed by atoms with E-state index in [1.165, 1.54) is 12.1 Å². The zero-order valence-corrected chi connectivity index (χ0v) is 19.1. The van der Waals surface area contributed by atoms with Gasteiger partial charge < -0.3 is 24.3 Å². The van der Waals surface area contributed by atoms with Crippen molar-refractivity contribution in [1.29, 1.82) is 0 Å². The first-order valence-corrected chi connectivity index (χ1v) is 12.2. The zero-order valence-electron chi connectivity index (χ0n) is 18.3. The Kier molecular flexibility index (Phi) is 6.92. The predicted molar refractivity (Wildman–Crippen MR) is 115 cm³/mol. The highest BCUT2D eigenvalue weighted by Crippen LogP contribution is 2.33. The van der Waals surface area contributed by atoms with Crippen LogP contribution in [0, 0.1) is 0 Å². The number of piperazine rings is 1. The summed E-state index contributed by atoms with van der Waals surface area (Å²) in [6, 6.07) is 0.735. The number of pyridine rings is 1. The van der Waals surface area contributed by atoms with Crippen molar-refractivity contribution in [2.24, 2.45) is 0 Å². The molecule has 0 saturated carbocycles. The fourth-order valence-corrected chi connectivity index (χ4v) is 6.00. The molecule has 1 aromatic rings. The van der Waals surface area contributed by atoms with Crippen LogP contribution in [0.25, 0.3) is 0 Å². The molecule has 0 bridgehead atoms. The highest BCUT2D eigenvalue weighted by molar-refractivity contribution is 7.86. The van der Waals surface area contributed by atoms with Crippen LogP contribution in [0.2, 0.25) is 0 Å².